The second-order valence-electron chi connectivity index (χ2n) is 7.52. The summed E-state index contributed by atoms with van der Waals surface area (Å²) in [4.78, 5) is 25.9. The minimum atomic E-state index is -0.817. The molecular weight excluding hydrogens is 330 g/mol. The lowest BCUT2D eigenvalue weighted by Gasteiger charge is -2.33. The van der Waals surface area contributed by atoms with Crippen LogP contribution < -0.4 is 5.32 Å². The molecule has 1 aliphatic rings. The molecule has 3 rings (SSSR count). The number of anilines is 1. The lowest BCUT2D eigenvalue weighted by atomic mass is 9.98. The molecule has 2 aromatic heterocycles. The number of nitrogens with one attached hydrogen (secondary N) is 2. The summed E-state index contributed by atoms with van der Waals surface area (Å²) in [6.45, 7) is 6.86. The fourth-order valence-electron chi connectivity index (χ4n) is 3.48. The van der Waals surface area contributed by atoms with Gasteiger partial charge >= 0.3 is 0 Å². The Hall–Kier alpha value is -2.41. The number of aliphatic hydroxyl groups is 1. The maximum Gasteiger partial charge on any atom is 0.246 e. The SMILES string of the molecule is C/C=C/C(=O)N1CCC[C@@H](Nc2ncnc3[nH]cc(CC(C)(C)O)c23)C1. The number of aromatic amines is 1. The van der Waals surface area contributed by atoms with Crippen molar-refractivity contribution in [3.8, 4) is 0 Å². The van der Waals surface area contributed by atoms with Crippen LogP contribution in [0.2, 0.25) is 0 Å². The number of nitrogens with zero attached hydrogens (tertiary/aromatic N) is 3. The highest BCUT2D eigenvalue weighted by atomic mass is 16.3. The summed E-state index contributed by atoms with van der Waals surface area (Å²) in [7, 11) is 0. The lowest BCUT2D eigenvalue weighted by molar-refractivity contribution is -0.127. The van der Waals surface area contributed by atoms with Crippen molar-refractivity contribution in [2.24, 2.45) is 0 Å². The van der Waals surface area contributed by atoms with Gasteiger partial charge in [0, 0.05) is 31.7 Å². The van der Waals surface area contributed by atoms with Gasteiger partial charge in [-0.15, -0.1) is 0 Å². The molecular formula is C19H27N5O2. The van der Waals surface area contributed by atoms with Gasteiger partial charge in [0.25, 0.3) is 0 Å². The van der Waals surface area contributed by atoms with Gasteiger partial charge in [-0.25, -0.2) is 9.97 Å². The van der Waals surface area contributed by atoms with E-state index in [1.54, 1.807) is 26.0 Å². The third-order valence-electron chi connectivity index (χ3n) is 4.56. The van der Waals surface area contributed by atoms with Crippen LogP contribution in [0.3, 0.4) is 0 Å². The highest BCUT2D eigenvalue weighted by Gasteiger charge is 2.24. The fraction of sp³-hybridized carbons (Fsp3) is 0.526. The Morgan fingerprint density at radius 2 is 2.31 bits per heavy atom. The van der Waals surface area contributed by atoms with Crippen LogP contribution in [0.15, 0.2) is 24.7 Å². The van der Waals surface area contributed by atoms with Crippen LogP contribution in [-0.4, -0.2) is 55.6 Å². The molecule has 0 unspecified atom stereocenters. The van der Waals surface area contributed by atoms with E-state index in [1.165, 1.54) is 6.33 Å². The Labute approximate surface area is 153 Å². The zero-order chi connectivity index (χ0) is 18.7. The molecule has 140 valence electrons. The molecule has 26 heavy (non-hydrogen) atoms. The van der Waals surface area contributed by atoms with Gasteiger partial charge in [0.15, 0.2) is 0 Å². The van der Waals surface area contributed by atoms with Crippen molar-refractivity contribution in [1.82, 2.24) is 19.9 Å². The normalized spacial score (nSPS) is 18.6. The molecule has 0 bridgehead atoms. The second kappa shape index (κ2) is 7.45. The molecule has 0 aliphatic carbocycles. The number of piperidine rings is 1. The first-order valence-corrected chi connectivity index (χ1v) is 9.09. The summed E-state index contributed by atoms with van der Waals surface area (Å²) in [6, 6.07) is 0.140. The van der Waals surface area contributed by atoms with Gasteiger partial charge in [0.2, 0.25) is 5.91 Å². The van der Waals surface area contributed by atoms with Crippen molar-refractivity contribution in [2.75, 3.05) is 18.4 Å². The van der Waals surface area contributed by atoms with Crippen LogP contribution in [0.25, 0.3) is 11.0 Å². The van der Waals surface area contributed by atoms with E-state index in [9.17, 15) is 9.90 Å². The summed E-state index contributed by atoms with van der Waals surface area (Å²) in [6.07, 6.45) is 9.24. The number of amides is 1. The molecule has 0 aromatic carbocycles. The lowest BCUT2D eigenvalue weighted by Crippen LogP contribution is -2.44. The Morgan fingerprint density at radius 1 is 1.50 bits per heavy atom. The van der Waals surface area contributed by atoms with E-state index in [0.717, 1.165) is 41.8 Å². The number of hydrogen-bond donors (Lipinski definition) is 3. The summed E-state index contributed by atoms with van der Waals surface area (Å²) in [5.41, 5.74) is 0.913. The van der Waals surface area contributed by atoms with E-state index in [0.29, 0.717) is 13.0 Å². The number of rotatable bonds is 5. The summed E-state index contributed by atoms with van der Waals surface area (Å²) in [5.74, 6) is 0.803. The van der Waals surface area contributed by atoms with Gasteiger partial charge in [0.1, 0.15) is 17.8 Å². The number of carbonyl (C=O) groups excluding carboxylic acids is 1. The number of likely N-dealkylation sites (tertiary alicyclic amines) is 1. The smallest absolute Gasteiger partial charge is 0.246 e. The molecule has 7 heteroatoms. The minimum absolute atomic E-state index is 0.0520. The van der Waals surface area contributed by atoms with E-state index in [1.807, 2.05) is 18.0 Å². The summed E-state index contributed by atoms with van der Waals surface area (Å²) >= 11 is 0. The third-order valence-corrected chi connectivity index (χ3v) is 4.56. The average molecular weight is 357 g/mol. The number of fused-ring (bicyclic) bond motifs is 1. The minimum Gasteiger partial charge on any atom is -0.390 e. The molecule has 2 aromatic rings. The quantitative estimate of drug-likeness (QED) is 0.714. The molecule has 1 atom stereocenters. The van der Waals surface area contributed by atoms with E-state index >= 15 is 0 Å². The highest BCUT2D eigenvalue weighted by Crippen LogP contribution is 2.28. The third kappa shape index (κ3) is 4.22. The van der Waals surface area contributed by atoms with Crippen LogP contribution in [0.4, 0.5) is 5.82 Å². The average Bonchev–Trinajstić information content (AvgIpc) is 2.97. The van der Waals surface area contributed by atoms with E-state index in [-0.39, 0.29) is 11.9 Å². The molecule has 1 saturated heterocycles. The maximum atomic E-state index is 12.1. The van der Waals surface area contributed by atoms with E-state index in [4.69, 9.17) is 0 Å². The summed E-state index contributed by atoms with van der Waals surface area (Å²) in [5, 5.41) is 14.6. The molecule has 1 amide bonds. The molecule has 1 fully saturated rings. The van der Waals surface area contributed by atoms with Gasteiger partial charge < -0.3 is 20.3 Å². The van der Waals surface area contributed by atoms with E-state index in [2.05, 4.69) is 20.3 Å². The van der Waals surface area contributed by atoms with Crippen LogP contribution >= 0.6 is 0 Å². The predicted molar refractivity (Wildman–Crippen MR) is 102 cm³/mol. The summed E-state index contributed by atoms with van der Waals surface area (Å²) < 4.78 is 0. The van der Waals surface area contributed by atoms with Gasteiger partial charge in [0.05, 0.1) is 11.0 Å². The van der Waals surface area contributed by atoms with Gasteiger partial charge in [-0.2, -0.15) is 0 Å². The zero-order valence-corrected chi connectivity index (χ0v) is 15.6. The number of carbonyl (C=O) groups is 1. The Kier molecular flexibility index (Phi) is 5.27. The molecule has 0 saturated carbocycles. The number of aromatic nitrogens is 3. The predicted octanol–water partition coefficient (Wildman–Crippen LogP) is 2.25. The highest BCUT2D eigenvalue weighted by molar-refractivity contribution is 5.90. The van der Waals surface area contributed by atoms with Crippen LogP contribution in [-0.2, 0) is 11.2 Å². The van der Waals surface area contributed by atoms with Crippen LogP contribution in [0.5, 0.6) is 0 Å². The molecule has 3 heterocycles. The monoisotopic (exact) mass is 357 g/mol. The number of allylic oxidation sites excluding steroid dienone is 1. The number of hydrogen-bond acceptors (Lipinski definition) is 5. The standard InChI is InChI=1S/C19H27N5O2/c1-4-6-15(25)24-8-5-7-14(11-24)23-18-16-13(9-19(2,3)26)10-20-17(16)21-12-22-18/h4,6,10,12,14,26H,5,7-9,11H2,1-3H3,(H2,20,21,22,23)/b6-4+/t14-/m1/s1. The number of H-pyrrole nitrogens is 1. The van der Waals surface area contributed by atoms with Gasteiger partial charge in [-0.1, -0.05) is 6.08 Å². The van der Waals surface area contributed by atoms with Crippen molar-refractivity contribution in [3.05, 3.63) is 30.2 Å². The van der Waals surface area contributed by atoms with Crippen molar-refractivity contribution in [2.45, 2.75) is 51.7 Å². The van der Waals surface area contributed by atoms with Crippen molar-refractivity contribution in [1.29, 1.82) is 0 Å². The Bertz CT molecular complexity index is 806. The van der Waals surface area contributed by atoms with Crippen molar-refractivity contribution < 1.29 is 9.90 Å². The van der Waals surface area contributed by atoms with Crippen LogP contribution in [0, 0.1) is 0 Å². The van der Waals surface area contributed by atoms with Gasteiger partial charge in [-0.05, 0) is 45.3 Å². The van der Waals surface area contributed by atoms with Crippen LogP contribution in [0.1, 0.15) is 39.2 Å². The van der Waals surface area contributed by atoms with E-state index < -0.39 is 5.60 Å². The Morgan fingerprint density at radius 3 is 3.04 bits per heavy atom. The molecule has 3 N–H and O–H groups in total. The molecule has 0 spiro atoms. The fourth-order valence-corrected chi connectivity index (χ4v) is 3.48. The van der Waals surface area contributed by atoms with Gasteiger partial charge in [-0.3, -0.25) is 4.79 Å². The molecule has 0 radical (unpaired) electrons. The molecule has 7 nitrogen and oxygen atoms in total. The Balaban J connectivity index is 1.82. The maximum absolute atomic E-state index is 12.1. The second-order valence-corrected chi connectivity index (χ2v) is 7.52. The topological polar surface area (TPSA) is 94.1 Å². The molecule has 1 aliphatic heterocycles. The first-order valence-electron chi connectivity index (χ1n) is 9.09. The first-order chi connectivity index (χ1) is 12.4. The largest absolute Gasteiger partial charge is 0.390 e. The van der Waals surface area contributed by atoms with Crippen molar-refractivity contribution >= 4 is 22.8 Å². The first kappa shape index (κ1) is 18.4. The zero-order valence-electron chi connectivity index (χ0n) is 15.6. The van der Waals surface area contributed by atoms with Crippen molar-refractivity contribution in [3.63, 3.8) is 0 Å².